The van der Waals surface area contributed by atoms with Gasteiger partial charge in [0.2, 0.25) is 0 Å². The van der Waals surface area contributed by atoms with Gasteiger partial charge in [0.15, 0.2) is 0 Å². The van der Waals surface area contributed by atoms with E-state index < -0.39 is 0 Å². The van der Waals surface area contributed by atoms with Crippen LogP contribution < -0.4 is 5.01 Å². The van der Waals surface area contributed by atoms with E-state index in [9.17, 15) is 9.18 Å². The van der Waals surface area contributed by atoms with Gasteiger partial charge in [-0.3, -0.25) is 9.78 Å². The molecule has 0 bridgehead atoms. The monoisotopic (exact) mass is 499 g/mol. The molecule has 184 valence electrons. The van der Waals surface area contributed by atoms with Crippen LogP contribution in [0.4, 0.5) is 10.1 Å². The van der Waals surface area contributed by atoms with Crippen LogP contribution in [-0.4, -0.2) is 26.4 Å². The lowest BCUT2D eigenvalue weighted by molar-refractivity contribution is -0.114. The van der Waals surface area contributed by atoms with Crippen LogP contribution in [0.1, 0.15) is 16.7 Å². The van der Waals surface area contributed by atoms with E-state index in [0.717, 1.165) is 5.69 Å². The van der Waals surface area contributed by atoms with Crippen molar-refractivity contribution in [2.75, 3.05) is 5.01 Å². The van der Waals surface area contributed by atoms with Gasteiger partial charge in [0, 0.05) is 35.3 Å². The van der Waals surface area contributed by atoms with Gasteiger partial charge < -0.3 is 0 Å². The van der Waals surface area contributed by atoms with Crippen LogP contribution in [0.3, 0.4) is 0 Å². The fourth-order valence-electron chi connectivity index (χ4n) is 4.33. The van der Waals surface area contributed by atoms with Crippen LogP contribution in [-0.2, 0) is 4.79 Å². The Morgan fingerprint density at radius 1 is 0.842 bits per heavy atom. The first-order chi connectivity index (χ1) is 18.6. The van der Waals surface area contributed by atoms with E-state index in [1.165, 1.54) is 11.1 Å². The molecule has 2 aromatic heterocycles. The molecule has 0 radical (unpaired) electrons. The second kappa shape index (κ2) is 9.71. The normalized spacial score (nSPS) is 14.3. The highest BCUT2D eigenvalue weighted by Gasteiger charge is 2.32. The van der Waals surface area contributed by atoms with Crippen molar-refractivity contribution < 1.29 is 9.18 Å². The summed E-state index contributed by atoms with van der Waals surface area (Å²) < 4.78 is 16.3. The molecule has 6 rings (SSSR count). The second-order valence-corrected chi connectivity index (χ2v) is 8.88. The Morgan fingerprint density at radius 3 is 2.26 bits per heavy atom. The number of halogens is 1. The number of benzene rings is 3. The smallest absolute Gasteiger partial charge is 0.267 e. The quantitative estimate of drug-likeness (QED) is 0.270. The van der Waals surface area contributed by atoms with Gasteiger partial charge in [-0.2, -0.15) is 15.2 Å². The molecule has 6 nitrogen and oxygen atoms in total. The standard InChI is InChI=1S/C31H22FN5O/c1-21-14-15-22(18-28(21)32)29-24(20-36(34-29)25-10-4-2-5-11-25)17-27-30(23-9-8-16-33-19-23)35-37(31(27)38)26-12-6-3-7-13-26/h2-20H,1H3. The van der Waals surface area contributed by atoms with E-state index >= 15 is 0 Å². The van der Waals surface area contributed by atoms with Crippen molar-refractivity contribution in [2.45, 2.75) is 6.92 Å². The molecule has 38 heavy (non-hydrogen) atoms. The van der Waals surface area contributed by atoms with Crippen molar-refractivity contribution in [2.24, 2.45) is 5.10 Å². The molecule has 5 aromatic rings. The number of amides is 1. The Hall–Kier alpha value is -5.17. The second-order valence-electron chi connectivity index (χ2n) is 8.88. The van der Waals surface area contributed by atoms with Crippen LogP contribution in [0.2, 0.25) is 0 Å². The van der Waals surface area contributed by atoms with Gasteiger partial charge in [0.25, 0.3) is 5.91 Å². The number of hydrogen-bond donors (Lipinski definition) is 0. The molecule has 0 atom stereocenters. The number of carbonyl (C=O) groups is 1. The number of hydrazone groups is 1. The Kier molecular flexibility index (Phi) is 5.94. The number of pyridine rings is 1. The first-order valence-corrected chi connectivity index (χ1v) is 12.1. The molecule has 0 saturated carbocycles. The molecule has 3 heterocycles. The van der Waals surface area contributed by atoms with E-state index in [4.69, 9.17) is 5.10 Å². The first-order valence-electron chi connectivity index (χ1n) is 12.1. The van der Waals surface area contributed by atoms with Gasteiger partial charge in [-0.25, -0.2) is 9.07 Å². The van der Waals surface area contributed by atoms with Gasteiger partial charge in [0.1, 0.15) is 17.2 Å². The molecule has 0 aliphatic carbocycles. The summed E-state index contributed by atoms with van der Waals surface area (Å²) >= 11 is 0. The molecule has 1 aliphatic rings. The van der Waals surface area contributed by atoms with E-state index in [-0.39, 0.29) is 11.7 Å². The molecular weight excluding hydrogens is 477 g/mol. The maximum Gasteiger partial charge on any atom is 0.281 e. The SMILES string of the molecule is Cc1ccc(-c2nn(-c3ccccc3)cc2C=C2C(=O)N(c3ccccc3)N=C2c2cccnc2)cc1F. The van der Waals surface area contributed by atoms with E-state index in [0.29, 0.717) is 44.9 Å². The highest BCUT2D eigenvalue weighted by molar-refractivity contribution is 6.37. The van der Waals surface area contributed by atoms with Crippen molar-refractivity contribution in [1.82, 2.24) is 14.8 Å². The van der Waals surface area contributed by atoms with Crippen LogP contribution in [0.15, 0.2) is 120 Å². The largest absolute Gasteiger partial charge is 0.281 e. The van der Waals surface area contributed by atoms with Crippen LogP contribution in [0, 0.1) is 12.7 Å². The van der Waals surface area contributed by atoms with Gasteiger partial charge in [-0.1, -0.05) is 48.5 Å². The number of para-hydroxylation sites is 2. The Bertz CT molecular complexity index is 1690. The highest BCUT2D eigenvalue weighted by Crippen LogP contribution is 2.31. The van der Waals surface area contributed by atoms with E-state index in [1.54, 1.807) is 42.2 Å². The number of carbonyl (C=O) groups excluding carboxylic acids is 1. The summed E-state index contributed by atoms with van der Waals surface area (Å²) in [5, 5.41) is 10.9. The maximum atomic E-state index is 14.6. The molecular formula is C31H22FN5O. The molecule has 1 amide bonds. The lowest BCUT2D eigenvalue weighted by Gasteiger charge is -2.10. The maximum absolute atomic E-state index is 14.6. The minimum Gasteiger partial charge on any atom is -0.267 e. The Balaban J connectivity index is 1.53. The first kappa shape index (κ1) is 23.2. The topological polar surface area (TPSA) is 63.4 Å². The molecule has 0 N–H and O–H groups in total. The summed E-state index contributed by atoms with van der Waals surface area (Å²) in [4.78, 5) is 18.0. The number of hydrogen-bond acceptors (Lipinski definition) is 4. The highest BCUT2D eigenvalue weighted by atomic mass is 19.1. The molecule has 3 aromatic carbocycles. The van der Waals surface area contributed by atoms with Gasteiger partial charge in [-0.05, 0) is 61.0 Å². The zero-order valence-corrected chi connectivity index (χ0v) is 20.5. The molecule has 0 unspecified atom stereocenters. The summed E-state index contributed by atoms with van der Waals surface area (Å²) in [6.45, 7) is 1.72. The van der Waals surface area contributed by atoms with Gasteiger partial charge in [-0.15, -0.1) is 0 Å². The fourth-order valence-corrected chi connectivity index (χ4v) is 4.33. The summed E-state index contributed by atoms with van der Waals surface area (Å²) in [6, 6.07) is 27.6. The fraction of sp³-hybridized carbons (Fsp3) is 0.0323. The van der Waals surface area contributed by atoms with Crippen molar-refractivity contribution in [3.8, 4) is 16.9 Å². The van der Waals surface area contributed by atoms with Crippen LogP contribution in [0.25, 0.3) is 23.0 Å². The van der Waals surface area contributed by atoms with Crippen LogP contribution >= 0.6 is 0 Å². The number of aromatic nitrogens is 3. The third kappa shape index (κ3) is 4.30. The third-order valence-corrected chi connectivity index (χ3v) is 6.32. The predicted molar refractivity (Wildman–Crippen MR) is 146 cm³/mol. The number of rotatable bonds is 5. The van der Waals surface area contributed by atoms with Crippen molar-refractivity contribution >= 4 is 23.4 Å². The zero-order chi connectivity index (χ0) is 26.1. The lowest BCUT2D eigenvalue weighted by Crippen LogP contribution is -2.21. The van der Waals surface area contributed by atoms with Crippen molar-refractivity contribution in [1.29, 1.82) is 0 Å². The van der Waals surface area contributed by atoms with Crippen LogP contribution in [0.5, 0.6) is 0 Å². The number of nitrogens with zero attached hydrogens (tertiary/aromatic N) is 5. The predicted octanol–water partition coefficient (Wildman–Crippen LogP) is 6.22. The summed E-state index contributed by atoms with van der Waals surface area (Å²) in [7, 11) is 0. The number of anilines is 1. The third-order valence-electron chi connectivity index (χ3n) is 6.32. The molecule has 0 spiro atoms. The average molecular weight is 500 g/mol. The summed E-state index contributed by atoms with van der Waals surface area (Å²) in [5.41, 5.74) is 5.47. The summed E-state index contributed by atoms with van der Waals surface area (Å²) in [6.07, 6.45) is 6.97. The molecule has 0 fully saturated rings. The Labute approximate surface area is 219 Å². The Morgan fingerprint density at radius 2 is 1.58 bits per heavy atom. The summed E-state index contributed by atoms with van der Waals surface area (Å²) in [5.74, 6) is -0.594. The molecule has 0 saturated heterocycles. The minimum atomic E-state index is -0.319. The average Bonchev–Trinajstić information content (AvgIpc) is 3.53. The number of aryl methyl sites for hydroxylation is 1. The molecule has 7 heteroatoms. The van der Waals surface area contributed by atoms with E-state index in [1.807, 2.05) is 79.0 Å². The van der Waals surface area contributed by atoms with Gasteiger partial charge in [0.05, 0.1) is 16.9 Å². The van der Waals surface area contributed by atoms with E-state index in [2.05, 4.69) is 10.1 Å². The van der Waals surface area contributed by atoms with Crippen molar-refractivity contribution in [3.63, 3.8) is 0 Å². The lowest BCUT2D eigenvalue weighted by atomic mass is 9.99. The minimum absolute atomic E-state index is 0.274. The molecule has 1 aliphatic heterocycles. The van der Waals surface area contributed by atoms with Crippen molar-refractivity contribution in [3.05, 3.63) is 138 Å². The van der Waals surface area contributed by atoms with Gasteiger partial charge >= 0.3 is 0 Å². The zero-order valence-electron chi connectivity index (χ0n) is 20.5.